The minimum absolute atomic E-state index is 0.0236. The van der Waals surface area contributed by atoms with E-state index in [0.717, 1.165) is 22.2 Å². The van der Waals surface area contributed by atoms with E-state index in [1.165, 1.54) is 4.90 Å². The lowest BCUT2D eigenvalue weighted by atomic mass is 10.0. The molecule has 0 aliphatic carbocycles. The fraction of sp³-hybridized carbons (Fsp3) is 0.333. The van der Waals surface area contributed by atoms with Gasteiger partial charge in [0, 0.05) is 35.3 Å². The largest absolute Gasteiger partial charge is 0.489 e. The molecule has 4 rings (SSSR count). The first-order chi connectivity index (χ1) is 17.9. The normalized spacial score (nSPS) is 16.9. The number of hydroxylamine groups is 1. The van der Waals surface area contributed by atoms with Crippen molar-refractivity contribution in [3.8, 4) is 5.75 Å². The molecule has 10 nitrogen and oxygen atoms in total. The Bertz CT molecular complexity index is 1280. The number of nitrogens with zero attached hydrogens (tertiary/aromatic N) is 2. The van der Waals surface area contributed by atoms with E-state index in [0.29, 0.717) is 24.3 Å². The van der Waals surface area contributed by atoms with Crippen molar-refractivity contribution in [1.29, 1.82) is 0 Å². The van der Waals surface area contributed by atoms with Crippen molar-refractivity contribution < 1.29 is 29.1 Å². The number of amides is 3. The lowest BCUT2D eigenvalue weighted by molar-refractivity contribution is -0.133. The van der Waals surface area contributed by atoms with Crippen LogP contribution in [0, 0.1) is 12.8 Å². The third kappa shape index (κ3) is 6.15. The molecular weight excluding hydrogens is 476 g/mol. The number of para-hydroxylation sites is 1. The SMILES string of the molecule is CCCOC(=O)N1C[C@H](C(=O)NO)[C@H](NC(=O)c2ccc(OCc3cc(C)nc4ccccc34)cc2)C1. The van der Waals surface area contributed by atoms with Gasteiger partial charge < -0.3 is 19.7 Å². The summed E-state index contributed by atoms with van der Waals surface area (Å²) in [5, 5.41) is 12.9. The Labute approximate surface area is 214 Å². The standard InChI is InChI=1S/C27H30N4O6/c1-3-12-36-27(34)31-14-22(26(33)30-35)24(15-31)29-25(32)18-8-10-20(11-9-18)37-16-19-13-17(2)28-23-7-5-4-6-21(19)23/h4-11,13,22,24,35H,3,12,14-16H2,1-2H3,(H,29,32)(H,30,33)/t22-,24+/m0/s1. The third-order valence-corrected chi connectivity index (χ3v) is 6.21. The molecule has 37 heavy (non-hydrogen) atoms. The first kappa shape index (κ1) is 25.9. The van der Waals surface area contributed by atoms with Crippen LogP contribution in [-0.2, 0) is 16.1 Å². The maximum Gasteiger partial charge on any atom is 0.409 e. The minimum Gasteiger partial charge on any atom is -0.489 e. The molecule has 1 aliphatic rings. The van der Waals surface area contributed by atoms with Crippen molar-refractivity contribution in [2.24, 2.45) is 5.92 Å². The van der Waals surface area contributed by atoms with Crippen molar-refractivity contribution in [3.63, 3.8) is 0 Å². The number of fused-ring (bicyclic) bond motifs is 1. The topological polar surface area (TPSA) is 130 Å². The highest BCUT2D eigenvalue weighted by molar-refractivity contribution is 5.95. The van der Waals surface area contributed by atoms with Crippen LogP contribution >= 0.6 is 0 Å². The zero-order valence-electron chi connectivity index (χ0n) is 20.8. The summed E-state index contributed by atoms with van der Waals surface area (Å²) in [6.07, 6.45) is 0.103. The van der Waals surface area contributed by atoms with E-state index in [1.54, 1.807) is 29.7 Å². The second kappa shape index (κ2) is 11.7. The minimum atomic E-state index is -0.815. The van der Waals surface area contributed by atoms with Gasteiger partial charge in [-0.2, -0.15) is 0 Å². The summed E-state index contributed by atoms with van der Waals surface area (Å²) in [5.74, 6) is -1.31. The Morgan fingerprint density at radius 1 is 1.11 bits per heavy atom. The molecule has 0 unspecified atom stereocenters. The Hall–Kier alpha value is -4.18. The highest BCUT2D eigenvalue weighted by Crippen LogP contribution is 2.22. The van der Waals surface area contributed by atoms with Crippen LogP contribution in [0.5, 0.6) is 5.75 Å². The van der Waals surface area contributed by atoms with E-state index >= 15 is 0 Å². The van der Waals surface area contributed by atoms with E-state index in [-0.39, 0.29) is 19.7 Å². The van der Waals surface area contributed by atoms with Crippen LogP contribution in [0.3, 0.4) is 0 Å². The Morgan fingerprint density at radius 2 is 1.86 bits per heavy atom. The average molecular weight is 507 g/mol. The zero-order chi connectivity index (χ0) is 26.4. The number of carbonyl (C=O) groups is 3. The number of hydrogen-bond donors (Lipinski definition) is 3. The molecule has 2 aromatic carbocycles. The predicted molar refractivity (Wildman–Crippen MR) is 135 cm³/mol. The van der Waals surface area contributed by atoms with Gasteiger partial charge in [-0.15, -0.1) is 0 Å². The smallest absolute Gasteiger partial charge is 0.409 e. The molecule has 0 saturated carbocycles. The number of benzene rings is 2. The summed E-state index contributed by atoms with van der Waals surface area (Å²) in [6, 6.07) is 15.8. The first-order valence-electron chi connectivity index (χ1n) is 12.1. The molecule has 3 N–H and O–H groups in total. The number of pyridine rings is 1. The molecule has 1 aliphatic heterocycles. The monoisotopic (exact) mass is 506 g/mol. The van der Waals surface area contributed by atoms with Gasteiger partial charge in [-0.1, -0.05) is 25.1 Å². The van der Waals surface area contributed by atoms with E-state index < -0.39 is 29.9 Å². The molecular formula is C27H30N4O6. The quantitative estimate of drug-likeness (QED) is 0.316. The van der Waals surface area contributed by atoms with Crippen LogP contribution in [0.2, 0.25) is 0 Å². The van der Waals surface area contributed by atoms with Crippen molar-refractivity contribution in [1.82, 2.24) is 20.7 Å². The van der Waals surface area contributed by atoms with Gasteiger partial charge in [0.1, 0.15) is 12.4 Å². The van der Waals surface area contributed by atoms with Gasteiger partial charge >= 0.3 is 6.09 Å². The van der Waals surface area contributed by atoms with E-state index in [9.17, 15) is 14.4 Å². The van der Waals surface area contributed by atoms with Crippen molar-refractivity contribution in [3.05, 3.63) is 71.4 Å². The van der Waals surface area contributed by atoms with Crippen LogP contribution in [0.4, 0.5) is 4.79 Å². The maximum absolute atomic E-state index is 12.9. The highest BCUT2D eigenvalue weighted by Gasteiger charge is 2.41. The summed E-state index contributed by atoms with van der Waals surface area (Å²) in [6.45, 7) is 4.53. The summed E-state index contributed by atoms with van der Waals surface area (Å²) in [5.41, 5.74) is 4.81. The molecule has 3 amide bonds. The van der Waals surface area contributed by atoms with Crippen LogP contribution in [0.25, 0.3) is 10.9 Å². The summed E-state index contributed by atoms with van der Waals surface area (Å²) >= 11 is 0. The lowest BCUT2D eigenvalue weighted by Gasteiger charge is -2.18. The fourth-order valence-corrected chi connectivity index (χ4v) is 4.36. The second-order valence-corrected chi connectivity index (χ2v) is 8.93. The van der Waals surface area contributed by atoms with Crippen LogP contribution in [0.1, 0.15) is 35.0 Å². The molecule has 194 valence electrons. The van der Waals surface area contributed by atoms with Gasteiger partial charge in [0.15, 0.2) is 0 Å². The maximum atomic E-state index is 12.9. The number of nitrogens with one attached hydrogen (secondary N) is 2. The Balaban J connectivity index is 1.39. The fourth-order valence-electron chi connectivity index (χ4n) is 4.36. The molecule has 2 atom stereocenters. The van der Waals surface area contributed by atoms with E-state index in [1.807, 2.05) is 44.2 Å². The molecule has 0 radical (unpaired) electrons. The number of ether oxygens (including phenoxy) is 2. The van der Waals surface area contributed by atoms with Gasteiger partial charge in [-0.25, -0.2) is 10.3 Å². The van der Waals surface area contributed by atoms with Crippen LogP contribution < -0.4 is 15.5 Å². The van der Waals surface area contributed by atoms with Gasteiger partial charge in [0.2, 0.25) is 5.91 Å². The average Bonchev–Trinajstić information content (AvgIpc) is 3.33. The van der Waals surface area contributed by atoms with E-state index in [2.05, 4.69) is 10.3 Å². The second-order valence-electron chi connectivity index (χ2n) is 8.93. The summed E-state index contributed by atoms with van der Waals surface area (Å²) < 4.78 is 11.1. The molecule has 1 fully saturated rings. The van der Waals surface area contributed by atoms with Crippen molar-refractivity contribution in [2.75, 3.05) is 19.7 Å². The summed E-state index contributed by atoms with van der Waals surface area (Å²) in [7, 11) is 0. The van der Waals surface area contributed by atoms with Crippen LogP contribution in [-0.4, -0.2) is 58.7 Å². The lowest BCUT2D eigenvalue weighted by Crippen LogP contribution is -2.45. The number of rotatable bonds is 8. The number of aryl methyl sites for hydroxylation is 1. The summed E-state index contributed by atoms with van der Waals surface area (Å²) in [4.78, 5) is 43.2. The molecule has 0 spiro atoms. The van der Waals surface area contributed by atoms with Gasteiger partial charge in [0.05, 0.1) is 24.1 Å². The predicted octanol–water partition coefficient (Wildman–Crippen LogP) is 3.20. The number of likely N-dealkylation sites (tertiary alicyclic amines) is 1. The van der Waals surface area contributed by atoms with Crippen LogP contribution in [0.15, 0.2) is 54.6 Å². The number of carbonyl (C=O) groups excluding carboxylic acids is 3. The first-order valence-corrected chi connectivity index (χ1v) is 12.1. The number of aromatic nitrogens is 1. The van der Waals surface area contributed by atoms with Crippen molar-refractivity contribution in [2.45, 2.75) is 32.9 Å². The molecule has 10 heteroatoms. The molecule has 3 aromatic rings. The highest BCUT2D eigenvalue weighted by atomic mass is 16.6. The van der Waals surface area contributed by atoms with E-state index in [4.69, 9.17) is 14.7 Å². The molecule has 1 saturated heterocycles. The van der Waals surface area contributed by atoms with Crippen molar-refractivity contribution >= 4 is 28.8 Å². The third-order valence-electron chi connectivity index (χ3n) is 6.21. The van der Waals surface area contributed by atoms with Gasteiger partial charge in [0.25, 0.3) is 5.91 Å². The Morgan fingerprint density at radius 3 is 2.59 bits per heavy atom. The molecule has 0 bridgehead atoms. The molecule has 2 heterocycles. The Kier molecular flexibility index (Phi) is 8.19. The van der Waals surface area contributed by atoms with Gasteiger partial charge in [-0.3, -0.25) is 19.8 Å². The zero-order valence-corrected chi connectivity index (χ0v) is 20.8. The molecule has 1 aromatic heterocycles. The van der Waals surface area contributed by atoms with Gasteiger partial charge in [-0.05, 0) is 49.7 Å². The number of hydrogen-bond acceptors (Lipinski definition) is 7.